The van der Waals surface area contributed by atoms with E-state index in [0.717, 1.165) is 26.9 Å². The van der Waals surface area contributed by atoms with Crippen LogP contribution in [0.15, 0.2) is 43.2 Å². The fourth-order valence-electron chi connectivity index (χ4n) is 3.02. The number of nitrogens with zero attached hydrogens (tertiary/aromatic N) is 5. The lowest BCUT2D eigenvalue weighted by Gasteiger charge is -2.09. The van der Waals surface area contributed by atoms with Gasteiger partial charge in [-0.2, -0.15) is 5.10 Å². The summed E-state index contributed by atoms with van der Waals surface area (Å²) < 4.78 is 6.64. The maximum absolute atomic E-state index is 12.0. The second-order valence-electron chi connectivity index (χ2n) is 6.22. The molecular weight excluding hydrogens is 376 g/mol. The first kappa shape index (κ1) is 18.1. The molecule has 3 aromatic heterocycles. The first-order chi connectivity index (χ1) is 13.7. The molecule has 28 heavy (non-hydrogen) atoms. The Morgan fingerprint density at radius 1 is 1.25 bits per heavy atom. The fraction of sp³-hybridized carbons (Fsp3) is 0.211. The van der Waals surface area contributed by atoms with Gasteiger partial charge < -0.3 is 10.1 Å². The van der Waals surface area contributed by atoms with Gasteiger partial charge in [0.25, 0.3) is 0 Å². The first-order valence-corrected chi connectivity index (χ1v) is 9.44. The summed E-state index contributed by atoms with van der Waals surface area (Å²) in [5.41, 5.74) is 3.08. The van der Waals surface area contributed by atoms with Crippen LogP contribution in [0.5, 0.6) is 0 Å². The van der Waals surface area contributed by atoms with Gasteiger partial charge in [-0.1, -0.05) is 24.3 Å². The molecule has 0 aliphatic carbocycles. The number of aryl methyl sites for hydroxylation is 1. The normalized spacial score (nSPS) is 10.9. The van der Waals surface area contributed by atoms with Crippen molar-refractivity contribution in [3.8, 4) is 0 Å². The van der Waals surface area contributed by atoms with Crippen LogP contribution in [0.4, 0.5) is 5.82 Å². The van der Waals surface area contributed by atoms with E-state index in [2.05, 4.69) is 43.6 Å². The molecule has 1 N–H and O–H groups in total. The number of carbonyl (C=O) groups is 1. The Morgan fingerprint density at radius 3 is 2.89 bits per heavy atom. The van der Waals surface area contributed by atoms with Gasteiger partial charge in [0, 0.05) is 6.54 Å². The topological polar surface area (TPSA) is 94.8 Å². The highest BCUT2D eigenvalue weighted by atomic mass is 32.1. The summed E-state index contributed by atoms with van der Waals surface area (Å²) in [6, 6.07) is 8.24. The van der Waals surface area contributed by atoms with Gasteiger partial charge >= 0.3 is 5.97 Å². The second-order valence-corrected chi connectivity index (χ2v) is 7.22. The number of benzene rings is 1. The molecule has 0 unspecified atom stereocenters. The van der Waals surface area contributed by atoms with Crippen molar-refractivity contribution in [2.45, 2.75) is 20.0 Å². The Labute approximate surface area is 165 Å². The van der Waals surface area contributed by atoms with Crippen molar-refractivity contribution in [1.29, 1.82) is 0 Å². The third-order valence-electron chi connectivity index (χ3n) is 4.36. The number of nitrogens with one attached hydrogen (secondary N) is 1. The molecule has 0 aliphatic rings. The molecule has 8 nitrogen and oxygen atoms in total. The van der Waals surface area contributed by atoms with Crippen LogP contribution in [0, 0.1) is 6.92 Å². The number of methoxy groups -OCH3 is 1. The summed E-state index contributed by atoms with van der Waals surface area (Å²) in [5, 5.41) is 8.36. The molecule has 0 radical (unpaired) electrons. The van der Waals surface area contributed by atoms with E-state index >= 15 is 0 Å². The maximum Gasteiger partial charge on any atom is 0.348 e. The van der Waals surface area contributed by atoms with Gasteiger partial charge in [-0.25, -0.2) is 24.4 Å². The van der Waals surface area contributed by atoms with E-state index < -0.39 is 0 Å². The van der Waals surface area contributed by atoms with Crippen molar-refractivity contribution in [3.05, 3.63) is 64.8 Å². The number of anilines is 1. The largest absolute Gasteiger partial charge is 0.465 e. The SMILES string of the molecule is COC(=O)c1sc2ncnc(NCc3cccc(Cn4cncn4)c3)c2c1C. The average molecular weight is 394 g/mol. The Hall–Kier alpha value is -3.33. The van der Waals surface area contributed by atoms with E-state index in [4.69, 9.17) is 4.74 Å². The number of carbonyl (C=O) groups excluding carboxylic acids is 1. The van der Waals surface area contributed by atoms with Crippen molar-refractivity contribution in [1.82, 2.24) is 24.7 Å². The molecule has 0 atom stereocenters. The number of fused-ring (bicyclic) bond motifs is 1. The first-order valence-electron chi connectivity index (χ1n) is 8.62. The molecule has 0 bridgehead atoms. The van der Waals surface area contributed by atoms with Crippen LogP contribution in [-0.4, -0.2) is 37.8 Å². The minimum atomic E-state index is -0.354. The number of hydrogen-bond acceptors (Lipinski definition) is 8. The van der Waals surface area contributed by atoms with Gasteiger partial charge in [-0.05, 0) is 23.6 Å². The smallest absolute Gasteiger partial charge is 0.348 e. The average Bonchev–Trinajstić information content (AvgIpc) is 3.34. The predicted molar refractivity (Wildman–Crippen MR) is 106 cm³/mol. The molecule has 0 saturated heterocycles. The third kappa shape index (κ3) is 3.56. The van der Waals surface area contributed by atoms with Gasteiger partial charge in [0.15, 0.2) is 0 Å². The maximum atomic E-state index is 12.0. The molecule has 3 heterocycles. The zero-order valence-corrected chi connectivity index (χ0v) is 16.2. The van der Waals surface area contributed by atoms with E-state index in [1.165, 1.54) is 31.1 Å². The third-order valence-corrected chi connectivity index (χ3v) is 5.54. The second kappa shape index (κ2) is 7.73. The van der Waals surface area contributed by atoms with Crippen LogP contribution < -0.4 is 5.32 Å². The van der Waals surface area contributed by atoms with Crippen LogP contribution in [0.2, 0.25) is 0 Å². The Balaban J connectivity index is 1.56. The molecular formula is C19H18N6O2S. The van der Waals surface area contributed by atoms with Crippen molar-refractivity contribution in [3.63, 3.8) is 0 Å². The quantitative estimate of drug-likeness (QED) is 0.502. The van der Waals surface area contributed by atoms with Gasteiger partial charge in [0.2, 0.25) is 0 Å². The molecule has 0 fully saturated rings. The molecule has 4 rings (SSSR count). The highest BCUT2D eigenvalue weighted by Crippen LogP contribution is 2.33. The Kier molecular flexibility index (Phi) is 4.98. The van der Waals surface area contributed by atoms with Crippen LogP contribution in [0.25, 0.3) is 10.2 Å². The minimum absolute atomic E-state index is 0.354. The van der Waals surface area contributed by atoms with Crippen molar-refractivity contribution >= 4 is 33.3 Å². The monoisotopic (exact) mass is 394 g/mol. The lowest BCUT2D eigenvalue weighted by atomic mass is 10.1. The fourth-order valence-corrected chi connectivity index (χ4v) is 4.09. The lowest BCUT2D eigenvalue weighted by Crippen LogP contribution is -2.05. The van der Waals surface area contributed by atoms with Gasteiger partial charge in [0.05, 0.1) is 19.0 Å². The van der Waals surface area contributed by atoms with E-state index in [1.54, 1.807) is 11.0 Å². The summed E-state index contributed by atoms with van der Waals surface area (Å²) in [4.78, 5) is 25.9. The number of hydrogen-bond donors (Lipinski definition) is 1. The predicted octanol–water partition coefficient (Wildman–Crippen LogP) is 3.04. The molecule has 0 amide bonds. The number of thiophene rings is 1. The molecule has 0 spiro atoms. The molecule has 142 valence electrons. The highest BCUT2D eigenvalue weighted by molar-refractivity contribution is 7.20. The Morgan fingerprint density at radius 2 is 2.11 bits per heavy atom. The van der Waals surface area contributed by atoms with Crippen LogP contribution in [-0.2, 0) is 17.8 Å². The van der Waals surface area contributed by atoms with Crippen molar-refractivity contribution in [2.75, 3.05) is 12.4 Å². The number of aromatic nitrogens is 5. The summed E-state index contributed by atoms with van der Waals surface area (Å²) in [6.07, 6.45) is 4.72. The van der Waals surface area contributed by atoms with E-state index in [9.17, 15) is 4.79 Å². The molecule has 1 aromatic carbocycles. The van der Waals surface area contributed by atoms with Gasteiger partial charge in [-0.15, -0.1) is 11.3 Å². The molecule has 4 aromatic rings. The lowest BCUT2D eigenvalue weighted by molar-refractivity contribution is 0.0605. The highest BCUT2D eigenvalue weighted by Gasteiger charge is 2.19. The van der Waals surface area contributed by atoms with E-state index in [1.807, 2.05) is 13.0 Å². The zero-order chi connectivity index (χ0) is 19.5. The number of ether oxygens (including phenoxy) is 1. The molecule has 0 saturated carbocycles. The van der Waals surface area contributed by atoms with Crippen LogP contribution in [0.3, 0.4) is 0 Å². The number of rotatable bonds is 6. The zero-order valence-electron chi connectivity index (χ0n) is 15.4. The standard InChI is InChI=1S/C19H18N6O2S/c1-12-15-17(22-10-23-18(15)28-16(12)19(26)27-2)21-7-13-4-3-5-14(6-13)8-25-11-20-9-24-25/h3-6,9-11H,7-8H2,1-2H3,(H,21,22,23). The van der Waals surface area contributed by atoms with E-state index in [-0.39, 0.29) is 5.97 Å². The Bertz CT molecular complexity index is 1120. The summed E-state index contributed by atoms with van der Waals surface area (Å²) >= 11 is 1.32. The summed E-state index contributed by atoms with van der Waals surface area (Å²) in [6.45, 7) is 3.15. The van der Waals surface area contributed by atoms with Crippen LogP contribution >= 0.6 is 11.3 Å². The molecule has 0 aliphatic heterocycles. The molecule has 9 heteroatoms. The van der Waals surface area contributed by atoms with Gasteiger partial charge in [0.1, 0.15) is 34.5 Å². The minimum Gasteiger partial charge on any atom is -0.465 e. The number of esters is 1. The summed E-state index contributed by atoms with van der Waals surface area (Å²) in [7, 11) is 1.38. The van der Waals surface area contributed by atoms with Crippen molar-refractivity contribution < 1.29 is 9.53 Å². The van der Waals surface area contributed by atoms with Crippen molar-refractivity contribution in [2.24, 2.45) is 0 Å². The van der Waals surface area contributed by atoms with Gasteiger partial charge in [-0.3, -0.25) is 0 Å². The van der Waals surface area contributed by atoms with Crippen LogP contribution in [0.1, 0.15) is 26.4 Å². The van der Waals surface area contributed by atoms with E-state index in [0.29, 0.717) is 23.8 Å². The summed E-state index contributed by atoms with van der Waals surface area (Å²) in [5.74, 6) is 0.350.